The molecule has 1 aliphatic rings. The first-order valence-electron chi connectivity index (χ1n) is 6.33. The molecule has 3 nitrogen and oxygen atoms in total. The Labute approximate surface area is 112 Å². The summed E-state index contributed by atoms with van der Waals surface area (Å²) in [6.07, 6.45) is 0.415. The van der Waals surface area contributed by atoms with Crippen molar-refractivity contribution in [2.75, 3.05) is 7.05 Å². The number of nitrogens with two attached hydrogens (primary N) is 1. The van der Waals surface area contributed by atoms with Gasteiger partial charge < -0.3 is 10.6 Å². The van der Waals surface area contributed by atoms with Crippen LogP contribution in [-0.4, -0.2) is 17.9 Å². The van der Waals surface area contributed by atoms with E-state index in [0.717, 1.165) is 16.7 Å². The van der Waals surface area contributed by atoms with Gasteiger partial charge in [0.25, 0.3) is 0 Å². The molecule has 0 fully saturated rings. The minimum atomic E-state index is -0.882. The highest BCUT2D eigenvalue weighted by Crippen LogP contribution is 2.36. The summed E-state index contributed by atoms with van der Waals surface area (Å²) in [4.78, 5) is 13.8. The van der Waals surface area contributed by atoms with Gasteiger partial charge in [0.05, 0.1) is 6.42 Å². The molecule has 1 amide bonds. The lowest BCUT2D eigenvalue weighted by Crippen LogP contribution is -2.58. The molecule has 19 heavy (non-hydrogen) atoms. The van der Waals surface area contributed by atoms with Crippen molar-refractivity contribution < 1.29 is 4.79 Å². The van der Waals surface area contributed by atoms with E-state index in [-0.39, 0.29) is 5.91 Å². The zero-order chi connectivity index (χ0) is 13.5. The third kappa shape index (κ3) is 1.66. The standard InChI is InChI=1S/C16H16N2O/c1-18-15(19)11-12-7-5-6-10-14(12)16(18,17)13-8-3-2-4-9-13/h2-10H,11,17H2,1H3. The van der Waals surface area contributed by atoms with Gasteiger partial charge in [-0.2, -0.15) is 0 Å². The third-order valence-electron chi connectivity index (χ3n) is 3.89. The van der Waals surface area contributed by atoms with Gasteiger partial charge in [0.15, 0.2) is 0 Å². The molecule has 1 atom stereocenters. The Kier molecular flexibility index (Phi) is 2.64. The third-order valence-corrected chi connectivity index (χ3v) is 3.89. The van der Waals surface area contributed by atoms with Crippen molar-refractivity contribution in [2.45, 2.75) is 12.1 Å². The normalized spacial score (nSPS) is 22.2. The predicted molar refractivity (Wildman–Crippen MR) is 74.3 cm³/mol. The van der Waals surface area contributed by atoms with Gasteiger partial charge in [-0.25, -0.2) is 0 Å². The number of hydrogen-bond acceptors (Lipinski definition) is 2. The first-order valence-corrected chi connectivity index (χ1v) is 6.33. The highest BCUT2D eigenvalue weighted by atomic mass is 16.2. The number of amides is 1. The van der Waals surface area contributed by atoms with Crippen LogP contribution in [0, 0.1) is 0 Å². The topological polar surface area (TPSA) is 46.3 Å². The van der Waals surface area contributed by atoms with Crippen LogP contribution in [0.25, 0.3) is 0 Å². The lowest BCUT2D eigenvalue weighted by atomic mass is 9.83. The summed E-state index contributed by atoms with van der Waals surface area (Å²) in [7, 11) is 1.77. The SMILES string of the molecule is CN1C(=O)Cc2ccccc2C1(N)c1ccccc1. The van der Waals surface area contributed by atoms with Crippen LogP contribution in [0.15, 0.2) is 54.6 Å². The van der Waals surface area contributed by atoms with Gasteiger partial charge in [-0.3, -0.25) is 4.79 Å². The van der Waals surface area contributed by atoms with Crippen molar-refractivity contribution in [1.82, 2.24) is 4.90 Å². The second-order valence-electron chi connectivity index (χ2n) is 4.92. The molecule has 0 radical (unpaired) electrons. The van der Waals surface area contributed by atoms with E-state index in [0.29, 0.717) is 6.42 Å². The van der Waals surface area contributed by atoms with Crippen LogP contribution < -0.4 is 5.73 Å². The number of benzene rings is 2. The van der Waals surface area contributed by atoms with Gasteiger partial charge in [0.1, 0.15) is 5.66 Å². The van der Waals surface area contributed by atoms with Crippen LogP contribution in [0.3, 0.4) is 0 Å². The molecule has 1 unspecified atom stereocenters. The van der Waals surface area contributed by atoms with Crippen LogP contribution in [-0.2, 0) is 16.9 Å². The van der Waals surface area contributed by atoms with Crippen molar-refractivity contribution >= 4 is 5.91 Å². The maximum Gasteiger partial charge on any atom is 0.228 e. The molecule has 1 aliphatic heterocycles. The van der Waals surface area contributed by atoms with Crippen LogP contribution >= 0.6 is 0 Å². The second-order valence-corrected chi connectivity index (χ2v) is 4.92. The molecule has 0 saturated carbocycles. The van der Waals surface area contributed by atoms with Gasteiger partial charge in [0, 0.05) is 12.6 Å². The molecule has 0 bridgehead atoms. The molecular weight excluding hydrogens is 236 g/mol. The number of likely N-dealkylation sites (N-methyl/N-ethyl adjacent to an activating group) is 1. The highest BCUT2D eigenvalue weighted by molar-refractivity contribution is 5.83. The Morgan fingerprint density at radius 3 is 2.42 bits per heavy atom. The zero-order valence-corrected chi connectivity index (χ0v) is 10.8. The molecule has 3 heteroatoms. The molecule has 0 aromatic heterocycles. The minimum absolute atomic E-state index is 0.0463. The predicted octanol–water partition coefficient (Wildman–Crippen LogP) is 1.86. The number of fused-ring (bicyclic) bond motifs is 1. The van der Waals surface area contributed by atoms with E-state index in [2.05, 4.69) is 0 Å². The lowest BCUT2D eigenvalue weighted by Gasteiger charge is -2.43. The maximum absolute atomic E-state index is 12.2. The quantitative estimate of drug-likeness (QED) is 0.842. The monoisotopic (exact) mass is 252 g/mol. The zero-order valence-electron chi connectivity index (χ0n) is 10.8. The molecule has 0 aliphatic carbocycles. The largest absolute Gasteiger partial charge is 0.319 e. The molecule has 0 saturated heterocycles. The summed E-state index contributed by atoms with van der Waals surface area (Å²) in [5.74, 6) is 0.0463. The van der Waals surface area contributed by atoms with Gasteiger partial charge in [-0.1, -0.05) is 54.6 Å². The van der Waals surface area contributed by atoms with E-state index in [1.54, 1.807) is 11.9 Å². The number of carbonyl (C=O) groups is 1. The Morgan fingerprint density at radius 2 is 1.68 bits per heavy atom. The van der Waals surface area contributed by atoms with E-state index in [1.807, 2.05) is 54.6 Å². The fourth-order valence-electron chi connectivity index (χ4n) is 2.75. The van der Waals surface area contributed by atoms with E-state index >= 15 is 0 Å². The van der Waals surface area contributed by atoms with Crippen molar-refractivity contribution in [3.8, 4) is 0 Å². The molecular formula is C16H16N2O. The number of nitrogens with zero attached hydrogens (tertiary/aromatic N) is 1. The number of hydrogen-bond donors (Lipinski definition) is 1. The molecule has 96 valence electrons. The molecule has 2 aromatic carbocycles. The Hall–Kier alpha value is -2.13. The fourth-order valence-corrected chi connectivity index (χ4v) is 2.75. The van der Waals surface area contributed by atoms with Crippen molar-refractivity contribution in [3.05, 3.63) is 71.3 Å². The summed E-state index contributed by atoms with van der Waals surface area (Å²) in [5.41, 5.74) is 8.69. The van der Waals surface area contributed by atoms with Crippen molar-refractivity contribution in [1.29, 1.82) is 0 Å². The average molecular weight is 252 g/mol. The first-order chi connectivity index (χ1) is 9.14. The Balaban J connectivity index is 2.26. The summed E-state index contributed by atoms with van der Waals surface area (Å²) >= 11 is 0. The Morgan fingerprint density at radius 1 is 1.05 bits per heavy atom. The van der Waals surface area contributed by atoms with Crippen molar-refractivity contribution in [2.24, 2.45) is 5.73 Å². The highest BCUT2D eigenvalue weighted by Gasteiger charge is 2.42. The number of rotatable bonds is 1. The molecule has 0 spiro atoms. The van der Waals surface area contributed by atoms with Crippen LogP contribution in [0.5, 0.6) is 0 Å². The van der Waals surface area contributed by atoms with E-state index in [4.69, 9.17) is 5.73 Å². The maximum atomic E-state index is 12.2. The van der Waals surface area contributed by atoms with Crippen LogP contribution in [0.4, 0.5) is 0 Å². The van der Waals surface area contributed by atoms with E-state index in [9.17, 15) is 4.79 Å². The fraction of sp³-hybridized carbons (Fsp3) is 0.188. The average Bonchev–Trinajstić information content (AvgIpc) is 2.46. The molecule has 2 N–H and O–H groups in total. The summed E-state index contributed by atoms with van der Waals surface area (Å²) < 4.78 is 0. The summed E-state index contributed by atoms with van der Waals surface area (Å²) in [6.45, 7) is 0. The smallest absolute Gasteiger partial charge is 0.228 e. The van der Waals surface area contributed by atoms with Crippen molar-refractivity contribution in [3.63, 3.8) is 0 Å². The van der Waals surface area contributed by atoms with Crippen LogP contribution in [0.2, 0.25) is 0 Å². The van der Waals surface area contributed by atoms with Crippen LogP contribution in [0.1, 0.15) is 16.7 Å². The summed E-state index contributed by atoms with van der Waals surface area (Å²) in [5, 5.41) is 0. The van der Waals surface area contributed by atoms with E-state index < -0.39 is 5.66 Å². The second kappa shape index (κ2) is 4.21. The van der Waals surface area contributed by atoms with Gasteiger partial charge in [-0.05, 0) is 11.1 Å². The first kappa shape index (κ1) is 11.9. The molecule has 3 rings (SSSR count). The summed E-state index contributed by atoms with van der Waals surface area (Å²) in [6, 6.07) is 17.7. The van der Waals surface area contributed by atoms with E-state index in [1.165, 1.54) is 0 Å². The van der Waals surface area contributed by atoms with Gasteiger partial charge in [0.2, 0.25) is 5.91 Å². The molecule has 2 aromatic rings. The minimum Gasteiger partial charge on any atom is -0.319 e. The molecule has 1 heterocycles. The van der Waals surface area contributed by atoms with Gasteiger partial charge in [-0.15, -0.1) is 0 Å². The number of carbonyl (C=O) groups excluding carboxylic acids is 1. The lowest BCUT2D eigenvalue weighted by molar-refractivity contribution is -0.135. The van der Waals surface area contributed by atoms with Gasteiger partial charge >= 0.3 is 0 Å². The Bertz CT molecular complexity index is 624.